The summed E-state index contributed by atoms with van der Waals surface area (Å²) in [7, 11) is 1.65. The number of anilines is 1. The molecule has 0 saturated heterocycles. The lowest BCUT2D eigenvalue weighted by Crippen LogP contribution is -2.05. The summed E-state index contributed by atoms with van der Waals surface area (Å²) in [5.74, 6) is 1.62. The average Bonchev–Trinajstić information content (AvgIpc) is 2.77. The van der Waals surface area contributed by atoms with Gasteiger partial charge in [-0.3, -0.25) is 4.68 Å². The van der Waals surface area contributed by atoms with Crippen LogP contribution in [-0.2, 0) is 13.1 Å². The van der Waals surface area contributed by atoms with Gasteiger partial charge in [0.2, 0.25) is 0 Å². The number of nitrogens with one attached hydrogen (secondary N) is 1. The Hall–Kier alpha value is -1.75. The van der Waals surface area contributed by atoms with Gasteiger partial charge in [-0.15, -0.1) is 12.4 Å². The standard InChI is InChI=1S/C14H18FN3O.ClH/c1-11-10-18(8-7-15)17-14(11)16-9-12-5-3-4-6-13(12)19-2;/h3-6,10H,7-9H2,1-2H3,(H,16,17);1H. The molecule has 0 aliphatic heterocycles. The van der Waals surface area contributed by atoms with Gasteiger partial charge in [-0.25, -0.2) is 4.39 Å². The number of alkyl halides is 1. The van der Waals surface area contributed by atoms with Gasteiger partial charge in [0.15, 0.2) is 5.82 Å². The monoisotopic (exact) mass is 299 g/mol. The molecule has 20 heavy (non-hydrogen) atoms. The van der Waals surface area contributed by atoms with Gasteiger partial charge in [0.05, 0.1) is 13.7 Å². The Kier molecular flexibility index (Phi) is 6.31. The highest BCUT2D eigenvalue weighted by Gasteiger charge is 2.06. The molecule has 0 unspecified atom stereocenters. The van der Waals surface area contributed by atoms with E-state index < -0.39 is 6.67 Å². The third-order valence-electron chi connectivity index (χ3n) is 2.90. The average molecular weight is 300 g/mol. The molecule has 2 aromatic rings. The predicted molar refractivity (Wildman–Crippen MR) is 80.5 cm³/mol. The van der Waals surface area contributed by atoms with Crippen LogP contribution in [0.2, 0.25) is 0 Å². The number of aromatic nitrogens is 2. The summed E-state index contributed by atoms with van der Waals surface area (Å²) in [5, 5.41) is 7.54. The molecule has 1 heterocycles. The van der Waals surface area contributed by atoms with Crippen LogP contribution in [0.4, 0.5) is 10.2 Å². The number of hydrogen-bond donors (Lipinski definition) is 1. The first-order chi connectivity index (χ1) is 9.24. The second kappa shape index (κ2) is 7.75. The Morgan fingerprint density at radius 2 is 2.10 bits per heavy atom. The maximum atomic E-state index is 12.3. The van der Waals surface area contributed by atoms with Crippen molar-refractivity contribution in [1.82, 2.24) is 9.78 Å². The highest BCUT2D eigenvalue weighted by atomic mass is 35.5. The van der Waals surface area contributed by atoms with E-state index in [-0.39, 0.29) is 19.0 Å². The van der Waals surface area contributed by atoms with Crippen molar-refractivity contribution in [3.05, 3.63) is 41.6 Å². The van der Waals surface area contributed by atoms with Crippen LogP contribution >= 0.6 is 12.4 Å². The van der Waals surface area contributed by atoms with E-state index in [4.69, 9.17) is 4.74 Å². The van der Waals surface area contributed by atoms with Crippen LogP contribution in [0.5, 0.6) is 5.75 Å². The van der Waals surface area contributed by atoms with Crippen molar-refractivity contribution in [3.8, 4) is 5.75 Å². The van der Waals surface area contributed by atoms with Crippen molar-refractivity contribution in [2.75, 3.05) is 19.1 Å². The molecular weight excluding hydrogens is 281 g/mol. The topological polar surface area (TPSA) is 39.1 Å². The van der Waals surface area contributed by atoms with E-state index in [0.717, 1.165) is 22.7 Å². The summed E-state index contributed by atoms with van der Waals surface area (Å²) in [4.78, 5) is 0. The second-order valence-electron chi connectivity index (χ2n) is 4.28. The maximum Gasteiger partial charge on any atom is 0.151 e. The molecule has 0 saturated carbocycles. The van der Waals surface area contributed by atoms with E-state index in [9.17, 15) is 4.39 Å². The molecule has 1 aromatic heterocycles. The van der Waals surface area contributed by atoms with Crippen molar-refractivity contribution < 1.29 is 9.13 Å². The van der Waals surface area contributed by atoms with Crippen molar-refractivity contribution in [3.63, 3.8) is 0 Å². The Bertz CT molecular complexity index is 545. The minimum Gasteiger partial charge on any atom is -0.496 e. The largest absolute Gasteiger partial charge is 0.496 e. The maximum absolute atomic E-state index is 12.3. The summed E-state index contributed by atoms with van der Waals surface area (Å²) < 4.78 is 19.2. The molecule has 1 N–H and O–H groups in total. The molecule has 2 rings (SSSR count). The highest BCUT2D eigenvalue weighted by molar-refractivity contribution is 5.85. The third kappa shape index (κ3) is 3.87. The van der Waals surface area contributed by atoms with Crippen LogP contribution in [0, 0.1) is 6.92 Å². The molecule has 0 bridgehead atoms. The number of nitrogens with zero attached hydrogens (tertiary/aromatic N) is 2. The predicted octanol–water partition coefficient (Wildman–Crippen LogP) is 3.20. The van der Waals surface area contributed by atoms with Crippen molar-refractivity contribution in [1.29, 1.82) is 0 Å². The number of ether oxygens (including phenoxy) is 1. The summed E-state index contributed by atoms with van der Waals surface area (Å²) in [5.41, 5.74) is 2.06. The van der Waals surface area contributed by atoms with E-state index in [1.54, 1.807) is 11.8 Å². The van der Waals surface area contributed by atoms with Crippen LogP contribution in [0.3, 0.4) is 0 Å². The number of hydrogen-bond acceptors (Lipinski definition) is 3. The minimum absolute atomic E-state index is 0. The molecule has 0 aliphatic carbocycles. The molecular formula is C14H19ClFN3O. The van der Waals surface area contributed by atoms with Crippen molar-refractivity contribution in [2.24, 2.45) is 0 Å². The number of benzene rings is 1. The molecule has 110 valence electrons. The zero-order valence-corrected chi connectivity index (χ0v) is 12.4. The molecule has 0 fully saturated rings. The third-order valence-corrected chi connectivity index (χ3v) is 2.90. The summed E-state index contributed by atoms with van der Waals surface area (Å²) >= 11 is 0. The van der Waals surface area contributed by atoms with Gasteiger partial charge in [0.25, 0.3) is 0 Å². The van der Waals surface area contributed by atoms with E-state index >= 15 is 0 Å². The first-order valence-corrected chi connectivity index (χ1v) is 6.20. The van der Waals surface area contributed by atoms with Crippen LogP contribution in [0.15, 0.2) is 30.5 Å². The van der Waals surface area contributed by atoms with E-state index in [1.165, 1.54) is 0 Å². The lowest BCUT2D eigenvalue weighted by Gasteiger charge is -2.09. The fraction of sp³-hybridized carbons (Fsp3) is 0.357. The number of para-hydroxylation sites is 1. The van der Waals surface area contributed by atoms with Gasteiger partial charge in [-0.05, 0) is 13.0 Å². The van der Waals surface area contributed by atoms with Crippen molar-refractivity contribution >= 4 is 18.2 Å². The van der Waals surface area contributed by atoms with Gasteiger partial charge in [0.1, 0.15) is 12.4 Å². The number of methoxy groups -OCH3 is 1. The normalized spacial score (nSPS) is 9.95. The first-order valence-electron chi connectivity index (χ1n) is 6.20. The Labute approximate surface area is 124 Å². The van der Waals surface area contributed by atoms with Crippen LogP contribution < -0.4 is 10.1 Å². The van der Waals surface area contributed by atoms with E-state index in [1.807, 2.05) is 37.4 Å². The van der Waals surface area contributed by atoms with Gasteiger partial charge in [0, 0.05) is 23.9 Å². The molecule has 0 aliphatic rings. The summed E-state index contributed by atoms with van der Waals surface area (Å²) in [6.45, 7) is 2.45. The quantitative estimate of drug-likeness (QED) is 0.890. The molecule has 0 atom stereocenters. The molecule has 1 aromatic carbocycles. The van der Waals surface area contributed by atoms with Crippen LogP contribution in [0.1, 0.15) is 11.1 Å². The minimum atomic E-state index is -0.410. The SMILES string of the molecule is COc1ccccc1CNc1nn(CCF)cc1C.Cl. The lowest BCUT2D eigenvalue weighted by molar-refractivity contribution is 0.410. The zero-order valence-electron chi connectivity index (χ0n) is 11.6. The molecule has 0 radical (unpaired) electrons. The van der Waals surface area contributed by atoms with Crippen LogP contribution in [-0.4, -0.2) is 23.6 Å². The van der Waals surface area contributed by atoms with Gasteiger partial charge < -0.3 is 10.1 Å². The lowest BCUT2D eigenvalue weighted by atomic mass is 10.2. The Balaban J connectivity index is 0.00000200. The van der Waals surface area contributed by atoms with E-state index in [2.05, 4.69) is 10.4 Å². The Morgan fingerprint density at radius 1 is 1.35 bits per heavy atom. The molecule has 0 amide bonds. The molecule has 4 nitrogen and oxygen atoms in total. The van der Waals surface area contributed by atoms with Crippen molar-refractivity contribution in [2.45, 2.75) is 20.0 Å². The second-order valence-corrected chi connectivity index (χ2v) is 4.28. The number of aryl methyl sites for hydroxylation is 2. The van der Waals surface area contributed by atoms with Gasteiger partial charge >= 0.3 is 0 Å². The number of halogens is 2. The highest BCUT2D eigenvalue weighted by Crippen LogP contribution is 2.19. The fourth-order valence-electron chi connectivity index (χ4n) is 1.92. The first kappa shape index (κ1) is 16.3. The molecule has 6 heteroatoms. The molecule has 0 spiro atoms. The fourth-order valence-corrected chi connectivity index (χ4v) is 1.92. The summed E-state index contributed by atoms with van der Waals surface area (Å²) in [6.07, 6.45) is 1.84. The zero-order chi connectivity index (χ0) is 13.7. The number of rotatable bonds is 6. The summed E-state index contributed by atoms with van der Waals surface area (Å²) in [6, 6.07) is 7.82. The Morgan fingerprint density at radius 3 is 2.80 bits per heavy atom. The van der Waals surface area contributed by atoms with Crippen LogP contribution in [0.25, 0.3) is 0 Å². The van der Waals surface area contributed by atoms with Gasteiger partial charge in [-0.2, -0.15) is 5.10 Å². The van der Waals surface area contributed by atoms with E-state index in [0.29, 0.717) is 6.54 Å². The van der Waals surface area contributed by atoms with Gasteiger partial charge in [-0.1, -0.05) is 18.2 Å². The smallest absolute Gasteiger partial charge is 0.151 e.